The number of rotatable bonds is 5. The van der Waals surface area contributed by atoms with Crippen molar-refractivity contribution in [2.45, 2.75) is 13.0 Å². The van der Waals surface area contributed by atoms with Gasteiger partial charge in [0, 0.05) is 17.8 Å². The van der Waals surface area contributed by atoms with Gasteiger partial charge in [0.1, 0.15) is 0 Å². The van der Waals surface area contributed by atoms with Gasteiger partial charge in [-0.15, -0.1) is 11.3 Å². The summed E-state index contributed by atoms with van der Waals surface area (Å²) in [6, 6.07) is 14.2. The fourth-order valence-corrected chi connectivity index (χ4v) is 4.11. The highest BCUT2D eigenvalue weighted by Crippen LogP contribution is 2.23. The maximum Gasteiger partial charge on any atom is 0.256 e. The molecule has 0 spiro atoms. The Labute approximate surface area is 148 Å². The van der Waals surface area contributed by atoms with E-state index in [0.29, 0.717) is 13.1 Å². The average molecular weight is 392 g/mol. The number of carbonyl (C=O) groups excluding carboxylic acids is 1. The van der Waals surface area contributed by atoms with Crippen LogP contribution in [-0.4, -0.2) is 41.7 Å². The lowest BCUT2D eigenvalue weighted by atomic mass is 10.1. The summed E-state index contributed by atoms with van der Waals surface area (Å²) in [5.41, 5.74) is 2.09. The molecule has 1 aromatic carbocycles. The summed E-state index contributed by atoms with van der Waals surface area (Å²) < 4.78 is 1.11. The Morgan fingerprint density at radius 2 is 2.09 bits per heavy atom. The first kappa shape index (κ1) is 16.4. The third-order valence-electron chi connectivity index (χ3n) is 3.66. The summed E-state index contributed by atoms with van der Waals surface area (Å²) in [5, 5.41) is 6.09. The van der Waals surface area contributed by atoms with Gasteiger partial charge in [-0.05, 0) is 40.7 Å². The van der Waals surface area contributed by atoms with Gasteiger partial charge in [-0.2, -0.15) is 5.10 Å². The van der Waals surface area contributed by atoms with E-state index in [-0.39, 0.29) is 5.91 Å². The highest BCUT2D eigenvalue weighted by atomic mass is 79.9. The van der Waals surface area contributed by atoms with Gasteiger partial charge >= 0.3 is 0 Å². The number of amides is 1. The van der Waals surface area contributed by atoms with Crippen molar-refractivity contribution in [1.29, 1.82) is 0 Å². The van der Waals surface area contributed by atoms with E-state index in [9.17, 15) is 4.79 Å². The van der Waals surface area contributed by atoms with E-state index >= 15 is 0 Å². The number of benzene rings is 1. The van der Waals surface area contributed by atoms with Gasteiger partial charge in [-0.25, -0.2) is 5.01 Å². The molecule has 0 bridgehead atoms. The molecule has 2 heterocycles. The normalized spacial score (nSPS) is 14.4. The predicted molar refractivity (Wildman–Crippen MR) is 97.7 cm³/mol. The smallest absolute Gasteiger partial charge is 0.256 e. The highest BCUT2D eigenvalue weighted by molar-refractivity contribution is 9.11. The van der Waals surface area contributed by atoms with E-state index in [1.807, 2.05) is 48.3 Å². The molecule has 0 saturated carbocycles. The van der Waals surface area contributed by atoms with Crippen molar-refractivity contribution in [3.63, 3.8) is 0 Å². The maximum absolute atomic E-state index is 12.4. The Balaban J connectivity index is 1.57. The van der Waals surface area contributed by atoms with Crippen molar-refractivity contribution in [2.75, 3.05) is 20.1 Å². The largest absolute Gasteiger partial charge is 0.292 e. The molecule has 1 aliphatic heterocycles. The topological polar surface area (TPSA) is 35.9 Å². The molecule has 4 nitrogen and oxygen atoms in total. The number of hydrogen-bond donors (Lipinski definition) is 0. The quantitative estimate of drug-likeness (QED) is 0.780. The van der Waals surface area contributed by atoms with Crippen molar-refractivity contribution >= 4 is 38.9 Å². The summed E-state index contributed by atoms with van der Waals surface area (Å²) in [4.78, 5) is 15.7. The SMILES string of the molecule is CN(CC(=O)N1CCC(c2ccccc2)=N1)Cc1ccc(Br)s1. The number of hydrogen-bond acceptors (Lipinski definition) is 4. The minimum Gasteiger partial charge on any atom is -0.292 e. The lowest BCUT2D eigenvalue weighted by Crippen LogP contribution is -2.34. The van der Waals surface area contributed by atoms with Crippen LogP contribution in [0.15, 0.2) is 51.4 Å². The zero-order valence-electron chi connectivity index (χ0n) is 12.9. The van der Waals surface area contributed by atoms with Crippen LogP contribution in [0.3, 0.4) is 0 Å². The van der Waals surface area contributed by atoms with Gasteiger partial charge in [0.2, 0.25) is 0 Å². The minimum atomic E-state index is 0.0500. The van der Waals surface area contributed by atoms with Crippen molar-refractivity contribution in [1.82, 2.24) is 9.91 Å². The molecule has 0 atom stereocenters. The third kappa shape index (κ3) is 4.28. The number of thiophene rings is 1. The third-order valence-corrected chi connectivity index (χ3v) is 5.26. The second kappa shape index (κ2) is 7.38. The molecule has 0 aliphatic carbocycles. The Bertz CT molecular complexity index is 714. The van der Waals surface area contributed by atoms with E-state index < -0.39 is 0 Å². The molecule has 3 rings (SSSR count). The van der Waals surface area contributed by atoms with Crippen LogP contribution in [0.4, 0.5) is 0 Å². The first-order chi connectivity index (χ1) is 11.1. The molecule has 0 radical (unpaired) electrons. The van der Waals surface area contributed by atoms with Crippen LogP contribution in [0, 0.1) is 0 Å². The van der Waals surface area contributed by atoms with Crippen molar-refractivity contribution in [2.24, 2.45) is 5.10 Å². The first-order valence-corrected chi connectivity index (χ1v) is 9.09. The van der Waals surface area contributed by atoms with E-state index in [1.165, 1.54) is 4.88 Å². The van der Waals surface area contributed by atoms with Gasteiger partial charge < -0.3 is 0 Å². The molecule has 1 aliphatic rings. The van der Waals surface area contributed by atoms with E-state index in [4.69, 9.17) is 0 Å². The van der Waals surface area contributed by atoms with Crippen LogP contribution >= 0.6 is 27.3 Å². The molecule has 0 N–H and O–H groups in total. The Morgan fingerprint density at radius 3 is 2.78 bits per heavy atom. The number of nitrogens with zero attached hydrogens (tertiary/aromatic N) is 3. The van der Waals surface area contributed by atoms with Crippen LogP contribution in [-0.2, 0) is 11.3 Å². The second-order valence-electron chi connectivity index (χ2n) is 5.56. The zero-order valence-corrected chi connectivity index (χ0v) is 15.3. The van der Waals surface area contributed by atoms with Crippen LogP contribution in [0.1, 0.15) is 16.9 Å². The second-order valence-corrected chi connectivity index (χ2v) is 8.11. The molecule has 0 unspecified atom stereocenters. The molecule has 23 heavy (non-hydrogen) atoms. The molecule has 6 heteroatoms. The van der Waals surface area contributed by atoms with Crippen molar-refractivity contribution in [3.8, 4) is 0 Å². The lowest BCUT2D eigenvalue weighted by molar-refractivity contribution is -0.131. The molecule has 120 valence electrons. The van der Waals surface area contributed by atoms with Gasteiger partial charge in [-0.3, -0.25) is 9.69 Å². The summed E-state index contributed by atoms with van der Waals surface area (Å²) in [6.07, 6.45) is 0.817. The molecule has 1 aromatic heterocycles. The number of likely N-dealkylation sites (N-methyl/N-ethyl adjacent to an activating group) is 1. The molecule has 0 fully saturated rings. The Kier molecular flexibility index (Phi) is 5.25. The highest BCUT2D eigenvalue weighted by Gasteiger charge is 2.22. The summed E-state index contributed by atoms with van der Waals surface area (Å²) in [6.45, 7) is 1.81. The summed E-state index contributed by atoms with van der Waals surface area (Å²) >= 11 is 5.16. The summed E-state index contributed by atoms with van der Waals surface area (Å²) in [7, 11) is 1.96. The van der Waals surface area contributed by atoms with Crippen LogP contribution in [0.2, 0.25) is 0 Å². The van der Waals surface area contributed by atoms with E-state index in [0.717, 1.165) is 28.0 Å². The van der Waals surface area contributed by atoms with E-state index in [2.05, 4.69) is 27.1 Å². The standard InChI is InChI=1S/C17H18BrN3OS/c1-20(11-14-7-8-16(18)23-14)12-17(22)21-10-9-15(19-21)13-5-3-2-4-6-13/h2-8H,9-12H2,1H3. The predicted octanol–water partition coefficient (Wildman–Crippen LogP) is 3.58. The van der Waals surface area contributed by atoms with Gasteiger partial charge in [0.15, 0.2) is 0 Å². The molecular formula is C17H18BrN3OS. The number of hydrazone groups is 1. The van der Waals surface area contributed by atoms with Gasteiger partial charge in [0.25, 0.3) is 5.91 Å². The zero-order chi connectivity index (χ0) is 16.2. The molecular weight excluding hydrogens is 374 g/mol. The molecule has 0 saturated heterocycles. The molecule has 2 aromatic rings. The van der Waals surface area contributed by atoms with Crippen molar-refractivity contribution < 1.29 is 4.79 Å². The maximum atomic E-state index is 12.4. The average Bonchev–Trinajstić information content (AvgIpc) is 3.17. The molecule has 1 amide bonds. The Hall–Kier alpha value is -1.50. The van der Waals surface area contributed by atoms with Gasteiger partial charge in [0.05, 0.1) is 22.6 Å². The summed E-state index contributed by atoms with van der Waals surface area (Å²) in [5.74, 6) is 0.0500. The van der Waals surface area contributed by atoms with E-state index in [1.54, 1.807) is 16.3 Å². The first-order valence-electron chi connectivity index (χ1n) is 7.48. The van der Waals surface area contributed by atoms with Crippen molar-refractivity contribution in [3.05, 3.63) is 56.7 Å². The Morgan fingerprint density at radius 1 is 1.30 bits per heavy atom. The minimum absolute atomic E-state index is 0.0500. The van der Waals surface area contributed by atoms with Gasteiger partial charge in [-0.1, -0.05) is 30.3 Å². The number of carbonyl (C=O) groups is 1. The monoisotopic (exact) mass is 391 g/mol. The van der Waals surface area contributed by atoms with Crippen LogP contribution in [0.25, 0.3) is 0 Å². The fraction of sp³-hybridized carbons (Fsp3) is 0.294. The van der Waals surface area contributed by atoms with Crippen LogP contribution < -0.4 is 0 Å². The lowest BCUT2D eigenvalue weighted by Gasteiger charge is -2.18. The fourth-order valence-electron chi connectivity index (χ4n) is 2.54. The number of halogens is 1. The van der Waals surface area contributed by atoms with Crippen LogP contribution in [0.5, 0.6) is 0 Å².